The van der Waals surface area contributed by atoms with Gasteiger partial charge in [0.1, 0.15) is 16.8 Å². The molecule has 1 aliphatic rings. The van der Waals surface area contributed by atoms with Gasteiger partial charge in [0.25, 0.3) is 0 Å². The molecule has 1 aromatic heterocycles. The summed E-state index contributed by atoms with van der Waals surface area (Å²) >= 11 is 0. The van der Waals surface area contributed by atoms with Crippen LogP contribution in [0.4, 0.5) is 15.8 Å². The van der Waals surface area contributed by atoms with E-state index < -0.39 is 39.5 Å². The Bertz CT molecular complexity index is 1350. The lowest BCUT2D eigenvalue weighted by Crippen LogP contribution is -2.57. The molecule has 198 valence electrons. The first-order chi connectivity index (χ1) is 18.0. The first-order valence-corrected chi connectivity index (χ1v) is 13.7. The topological polar surface area (TPSA) is 123 Å². The molecule has 0 saturated carbocycles. The number of benzene rings is 2. The van der Waals surface area contributed by atoms with E-state index in [9.17, 15) is 29.2 Å². The van der Waals surface area contributed by atoms with Crippen molar-refractivity contribution in [3.63, 3.8) is 0 Å². The molecule has 1 aliphatic heterocycles. The lowest BCUT2D eigenvalue weighted by atomic mass is 9.89. The third-order valence-electron chi connectivity index (χ3n) is 5.82. The van der Waals surface area contributed by atoms with Crippen LogP contribution in [-0.4, -0.2) is 38.2 Å². The molecule has 1 amide bonds. The number of hydrogen-bond acceptors (Lipinski definition) is 8. The summed E-state index contributed by atoms with van der Waals surface area (Å²) in [4.78, 5) is 41.4. The minimum Gasteiger partial charge on any atom is -0.478 e. The lowest BCUT2D eigenvalue weighted by Gasteiger charge is -2.46. The van der Waals surface area contributed by atoms with Gasteiger partial charge in [-0.05, 0) is 58.8 Å². The van der Waals surface area contributed by atoms with Gasteiger partial charge in [-0.15, -0.1) is 0 Å². The average molecular weight is 558 g/mol. The van der Waals surface area contributed by atoms with E-state index in [0.717, 1.165) is 27.2 Å². The van der Waals surface area contributed by atoms with E-state index >= 15 is 0 Å². The summed E-state index contributed by atoms with van der Waals surface area (Å²) in [7, 11) is 2.20. The van der Waals surface area contributed by atoms with Crippen LogP contribution in [0.3, 0.4) is 0 Å². The number of nitro groups is 1. The van der Waals surface area contributed by atoms with E-state index in [0.29, 0.717) is 11.4 Å². The third-order valence-corrected chi connectivity index (χ3v) is 8.44. The van der Waals surface area contributed by atoms with Gasteiger partial charge in [0.15, 0.2) is 11.1 Å². The molecule has 38 heavy (non-hydrogen) atoms. The fourth-order valence-corrected chi connectivity index (χ4v) is 6.57. The summed E-state index contributed by atoms with van der Waals surface area (Å²) in [6.07, 6.45) is 0.379. The van der Waals surface area contributed by atoms with Crippen LogP contribution in [-0.2, 0) is 9.59 Å². The molecule has 3 aromatic rings. The highest BCUT2D eigenvalue weighted by molar-refractivity contribution is 8.77. The van der Waals surface area contributed by atoms with Crippen molar-refractivity contribution in [3.05, 3.63) is 88.4 Å². The van der Waals surface area contributed by atoms with Crippen molar-refractivity contribution in [3.8, 4) is 5.75 Å². The Morgan fingerprint density at radius 3 is 2.39 bits per heavy atom. The number of carboxylic acid groups (broad SMARTS) is 1. The molecule has 0 radical (unpaired) electrons. The maximum absolute atomic E-state index is 13.5. The van der Waals surface area contributed by atoms with Gasteiger partial charge in [0.05, 0.1) is 11.0 Å². The van der Waals surface area contributed by atoms with E-state index in [2.05, 4.69) is 4.98 Å². The van der Waals surface area contributed by atoms with Crippen LogP contribution in [0.1, 0.15) is 32.4 Å². The molecule has 1 fully saturated rings. The number of carbonyl (C=O) groups excluding carboxylic acids is 1. The largest absolute Gasteiger partial charge is 0.478 e. The number of anilines is 1. The molecule has 0 spiro atoms. The highest BCUT2D eigenvalue weighted by atomic mass is 33.1. The van der Waals surface area contributed by atoms with E-state index in [1.54, 1.807) is 45.0 Å². The normalized spacial score (nSPS) is 18.0. The zero-order valence-electron chi connectivity index (χ0n) is 20.6. The first kappa shape index (κ1) is 27.4. The molecule has 1 saturated heterocycles. The number of hydrogen-bond donors (Lipinski definition) is 1. The molecule has 3 atom stereocenters. The fraction of sp³-hybridized carbons (Fsp3) is 0.269. The molecule has 9 nitrogen and oxygen atoms in total. The fourth-order valence-electron chi connectivity index (χ4n) is 3.93. The van der Waals surface area contributed by atoms with Crippen molar-refractivity contribution in [1.82, 2.24) is 4.98 Å². The van der Waals surface area contributed by atoms with E-state index in [-0.39, 0.29) is 16.6 Å². The number of rotatable bonds is 9. The molecule has 1 N–H and O–H groups in total. The minimum atomic E-state index is -1.08. The van der Waals surface area contributed by atoms with Gasteiger partial charge in [-0.25, -0.2) is 14.2 Å². The predicted molar refractivity (Wildman–Crippen MR) is 143 cm³/mol. The third kappa shape index (κ3) is 5.76. The standard InChI is InChI=1S/C26H24FN3O6S2/c1-26(2,3)22(25(32)33)36-18-12-6-15(7-13-18)20-21(24(31)29(20)17-10-8-16(27)9-11-17)37-38-23-19(30(34)35)5-4-14-28-23/h4-14,20-22H,1-3H3,(H,32,33)/t20-,21-,22?/m1/s1. The van der Waals surface area contributed by atoms with E-state index in [1.807, 2.05) is 0 Å². The molecule has 2 heterocycles. The SMILES string of the molecule is CC(C)(C)C(Oc1ccc([C@@H]2[C@@H](SSc3ncccc3[N+](=O)[O-])C(=O)N2c2ccc(F)cc2)cc1)C(=O)O. The highest BCUT2D eigenvalue weighted by Gasteiger charge is 2.50. The molecule has 0 bridgehead atoms. The van der Waals surface area contributed by atoms with Gasteiger partial charge >= 0.3 is 11.7 Å². The predicted octanol–water partition coefficient (Wildman–Crippen LogP) is 5.90. The number of halogens is 1. The van der Waals surface area contributed by atoms with Gasteiger partial charge in [-0.1, -0.05) is 43.7 Å². The Morgan fingerprint density at radius 2 is 1.82 bits per heavy atom. The number of nitrogens with zero attached hydrogens (tertiary/aromatic N) is 3. The number of carboxylic acids is 1. The summed E-state index contributed by atoms with van der Waals surface area (Å²) < 4.78 is 19.3. The quantitative estimate of drug-likeness (QED) is 0.148. The van der Waals surface area contributed by atoms with Gasteiger partial charge in [0.2, 0.25) is 5.91 Å². The number of amides is 1. The average Bonchev–Trinajstić information content (AvgIpc) is 2.86. The van der Waals surface area contributed by atoms with E-state index in [4.69, 9.17) is 4.74 Å². The van der Waals surface area contributed by atoms with Gasteiger partial charge in [0, 0.05) is 23.4 Å². The number of aromatic nitrogens is 1. The second kappa shape index (κ2) is 11.0. The summed E-state index contributed by atoms with van der Waals surface area (Å²) in [5, 5.41) is 20.5. The highest BCUT2D eigenvalue weighted by Crippen LogP contribution is 2.51. The van der Waals surface area contributed by atoms with Crippen molar-refractivity contribution < 1.29 is 28.7 Å². The summed E-state index contributed by atoms with van der Waals surface area (Å²) in [6.45, 7) is 5.31. The van der Waals surface area contributed by atoms with Gasteiger partial charge in [-0.3, -0.25) is 14.9 Å². The molecule has 1 unspecified atom stereocenters. The van der Waals surface area contributed by atoms with Crippen molar-refractivity contribution in [2.45, 2.75) is 43.2 Å². The van der Waals surface area contributed by atoms with Crippen molar-refractivity contribution in [2.75, 3.05) is 4.90 Å². The van der Waals surface area contributed by atoms with Gasteiger partial charge in [-0.2, -0.15) is 0 Å². The van der Waals surface area contributed by atoms with Crippen molar-refractivity contribution >= 4 is 44.8 Å². The van der Waals surface area contributed by atoms with Crippen LogP contribution in [0.2, 0.25) is 0 Å². The zero-order valence-corrected chi connectivity index (χ0v) is 22.2. The van der Waals surface area contributed by atoms with Crippen LogP contribution in [0.15, 0.2) is 71.9 Å². The van der Waals surface area contributed by atoms with Crippen LogP contribution >= 0.6 is 21.6 Å². The zero-order chi connectivity index (χ0) is 27.6. The first-order valence-electron chi connectivity index (χ1n) is 11.5. The minimum absolute atomic E-state index is 0.156. The molecule has 0 aliphatic carbocycles. The molecule has 12 heteroatoms. The number of pyridine rings is 1. The van der Waals surface area contributed by atoms with Crippen LogP contribution < -0.4 is 9.64 Å². The summed E-state index contributed by atoms with van der Waals surface area (Å²) in [5.41, 5.74) is 0.442. The van der Waals surface area contributed by atoms with E-state index in [1.165, 1.54) is 47.5 Å². The van der Waals surface area contributed by atoms with Crippen LogP contribution in [0, 0.1) is 21.3 Å². The Balaban J connectivity index is 1.61. The monoisotopic (exact) mass is 557 g/mol. The summed E-state index contributed by atoms with van der Waals surface area (Å²) in [6, 6.07) is 14.7. The molecule has 4 rings (SSSR count). The number of β-lactam (4-membered cyclic amide) rings is 1. The maximum atomic E-state index is 13.5. The smallest absolute Gasteiger partial charge is 0.345 e. The Labute approximate surface area is 225 Å². The Morgan fingerprint density at radius 1 is 1.16 bits per heavy atom. The van der Waals surface area contributed by atoms with Gasteiger partial charge < -0.3 is 14.7 Å². The lowest BCUT2D eigenvalue weighted by molar-refractivity contribution is -0.388. The van der Waals surface area contributed by atoms with Crippen molar-refractivity contribution in [1.29, 1.82) is 0 Å². The second-order valence-corrected chi connectivity index (χ2v) is 11.9. The Hall–Kier alpha value is -3.64. The maximum Gasteiger partial charge on any atom is 0.345 e. The Kier molecular flexibility index (Phi) is 7.93. The molecule has 2 aromatic carbocycles. The molecular formula is C26H24FN3O6S2. The summed E-state index contributed by atoms with van der Waals surface area (Å²) in [5.74, 6) is -1.39. The van der Waals surface area contributed by atoms with Crippen molar-refractivity contribution in [2.24, 2.45) is 5.41 Å². The van der Waals surface area contributed by atoms with Crippen LogP contribution in [0.25, 0.3) is 0 Å². The second-order valence-electron chi connectivity index (χ2n) is 9.59. The molecular weight excluding hydrogens is 533 g/mol. The number of carbonyl (C=O) groups is 2. The number of ether oxygens (including phenoxy) is 1. The number of aliphatic carboxylic acids is 1. The van der Waals surface area contributed by atoms with Crippen LogP contribution in [0.5, 0.6) is 5.75 Å².